The lowest BCUT2D eigenvalue weighted by molar-refractivity contribution is -0.140. The van der Waals surface area contributed by atoms with Crippen LogP contribution in [-0.2, 0) is 9.59 Å². The van der Waals surface area contributed by atoms with E-state index in [1.807, 2.05) is 44.2 Å². The Morgan fingerprint density at radius 3 is 2.32 bits per heavy atom. The van der Waals surface area contributed by atoms with Gasteiger partial charge in [0.05, 0.1) is 0 Å². The minimum absolute atomic E-state index is 0.107. The molecule has 1 N–H and O–H groups in total. The average Bonchev–Trinajstić information content (AvgIpc) is 3.13. The topological polar surface area (TPSA) is 99.0 Å². The Labute approximate surface area is 162 Å². The molecule has 0 radical (unpaired) electrons. The fourth-order valence-corrected chi connectivity index (χ4v) is 2.66. The summed E-state index contributed by atoms with van der Waals surface area (Å²) >= 11 is 0. The van der Waals surface area contributed by atoms with Crippen molar-refractivity contribution < 1.29 is 14.3 Å². The molecule has 1 atom stereocenters. The molecule has 0 aliphatic carbocycles. The second-order valence-electron chi connectivity index (χ2n) is 6.61. The molecular weight excluding hydrogens is 358 g/mol. The van der Waals surface area contributed by atoms with Crippen molar-refractivity contribution in [3.8, 4) is 17.1 Å². The maximum absolute atomic E-state index is 12.7. The summed E-state index contributed by atoms with van der Waals surface area (Å²) in [5, 5.41) is 15.1. The number of aromatic nitrogens is 4. The van der Waals surface area contributed by atoms with Crippen LogP contribution in [0.15, 0.2) is 54.6 Å². The lowest BCUT2D eigenvalue weighted by Gasteiger charge is -2.17. The maximum Gasteiger partial charge on any atom is 0.338 e. The van der Waals surface area contributed by atoms with Gasteiger partial charge in [-0.25, -0.2) is 4.79 Å². The summed E-state index contributed by atoms with van der Waals surface area (Å²) in [4.78, 5) is 25.1. The van der Waals surface area contributed by atoms with E-state index in [4.69, 9.17) is 4.74 Å². The van der Waals surface area contributed by atoms with E-state index in [9.17, 15) is 9.59 Å². The number of carbonyl (C=O) groups excluding carboxylic acids is 2. The van der Waals surface area contributed by atoms with Crippen molar-refractivity contribution in [1.82, 2.24) is 20.2 Å². The van der Waals surface area contributed by atoms with Crippen LogP contribution in [0.2, 0.25) is 0 Å². The highest BCUT2D eigenvalue weighted by molar-refractivity contribution is 5.88. The van der Waals surface area contributed by atoms with Crippen LogP contribution in [0, 0.1) is 5.92 Å². The van der Waals surface area contributed by atoms with Gasteiger partial charge in [0.15, 0.2) is 6.04 Å². The monoisotopic (exact) mass is 379 g/mol. The van der Waals surface area contributed by atoms with Gasteiger partial charge in [-0.1, -0.05) is 44.2 Å². The van der Waals surface area contributed by atoms with E-state index in [0.717, 1.165) is 5.56 Å². The molecule has 3 aromatic rings. The average molecular weight is 379 g/mol. The van der Waals surface area contributed by atoms with Crippen molar-refractivity contribution in [2.45, 2.75) is 26.8 Å². The van der Waals surface area contributed by atoms with E-state index in [0.29, 0.717) is 17.3 Å². The minimum atomic E-state index is -0.722. The van der Waals surface area contributed by atoms with Crippen LogP contribution in [0.4, 0.5) is 5.69 Å². The van der Waals surface area contributed by atoms with E-state index in [-0.39, 0.29) is 11.8 Å². The zero-order valence-electron chi connectivity index (χ0n) is 15.9. The molecule has 0 saturated heterocycles. The van der Waals surface area contributed by atoms with Crippen molar-refractivity contribution >= 4 is 17.6 Å². The van der Waals surface area contributed by atoms with Crippen LogP contribution in [0.3, 0.4) is 0 Å². The van der Waals surface area contributed by atoms with Crippen LogP contribution in [0.5, 0.6) is 5.75 Å². The largest absolute Gasteiger partial charge is 0.425 e. The van der Waals surface area contributed by atoms with Crippen LogP contribution in [-0.4, -0.2) is 32.1 Å². The summed E-state index contributed by atoms with van der Waals surface area (Å²) in [6, 6.07) is 15.3. The molecule has 0 spiro atoms. The van der Waals surface area contributed by atoms with Crippen molar-refractivity contribution in [1.29, 1.82) is 0 Å². The maximum atomic E-state index is 12.7. The van der Waals surface area contributed by atoms with Gasteiger partial charge >= 0.3 is 5.97 Å². The number of hydrogen-bond acceptors (Lipinski definition) is 6. The molecule has 144 valence electrons. The number of ether oxygens (including phenoxy) is 1. The number of esters is 1. The van der Waals surface area contributed by atoms with Gasteiger partial charge in [0, 0.05) is 18.2 Å². The number of benzene rings is 2. The quantitative estimate of drug-likeness (QED) is 0.522. The van der Waals surface area contributed by atoms with Gasteiger partial charge in [-0.2, -0.15) is 0 Å². The second kappa shape index (κ2) is 8.43. The van der Waals surface area contributed by atoms with E-state index in [2.05, 4.69) is 20.7 Å². The van der Waals surface area contributed by atoms with Gasteiger partial charge < -0.3 is 10.1 Å². The molecule has 2 aromatic carbocycles. The van der Waals surface area contributed by atoms with Crippen molar-refractivity contribution in [2.24, 2.45) is 5.92 Å². The first-order valence-electron chi connectivity index (χ1n) is 8.88. The molecule has 0 saturated carbocycles. The van der Waals surface area contributed by atoms with Gasteiger partial charge in [-0.3, -0.25) is 4.79 Å². The van der Waals surface area contributed by atoms with Crippen molar-refractivity contribution in [3.63, 3.8) is 0 Å². The van der Waals surface area contributed by atoms with Crippen LogP contribution in [0.25, 0.3) is 11.4 Å². The van der Waals surface area contributed by atoms with Crippen LogP contribution in [0.1, 0.15) is 26.8 Å². The summed E-state index contributed by atoms with van der Waals surface area (Å²) in [6.45, 7) is 5.20. The summed E-state index contributed by atoms with van der Waals surface area (Å²) in [5.41, 5.74) is 1.44. The number of amides is 1. The summed E-state index contributed by atoms with van der Waals surface area (Å²) in [5.74, 6) is 0.0474. The number of nitrogens with zero attached hydrogens (tertiary/aromatic N) is 4. The number of anilines is 1. The first-order chi connectivity index (χ1) is 13.4. The molecule has 0 aliphatic rings. The smallest absolute Gasteiger partial charge is 0.338 e. The minimum Gasteiger partial charge on any atom is -0.425 e. The standard InChI is InChI=1S/C20H21N5O3/c1-13(2)18(25-23-19(22-24-25)15-7-5-4-6-8-15)20(27)28-17-11-9-16(10-12-17)21-14(3)26/h4-13,18H,1-3H3,(H,21,26). The van der Waals surface area contributed by atoms with E-state index < -0.39 is 12.0 Å². The number of nitrogens with one attached hydrogen (secondary N) is 1. The van der Waals surface area contributed by atoms with Crippen LogP contribution >= 0.6 is 0 Å². The highest BCUT2D eigenvalue weighted by Gasteiger charge is 2.29. The summed E-state index contributed by atoms with van der Waals surface area (Å²) in [6.07, 6.45) is 0. The second-order valence-corrected chi connectivity index (χ2v) is 6.61. The first kappa shape index (κ1) is 19.2. The highest BCUT2D eigenvalue weighted by atomic mass is 16.5. The zero-order valence-corrected chi connectivity index (χ0v) is 15.9. The fraction of sp³-hybridized carbons (Fsp3) is 0.250. The Kier molecular flexibility index (Phi) is 5.78. The molecule has 1 aromatic heterocycles. The van der Waals surface area contributed by atoms with E-state index in [1.54, 1.807) is 24.3 Å². The van der Waals surface area contributed by atoms with E-state index >= 15 is 0 Å². The van der Waals surface area contributed by atoms with Crippen LogP contribution < -0.4 is 10.1 Å². The number of hydrogen-bond donors (Lipinski definition) is 1. The zero-order chi connectivity index (χ0) is 20.1. The third-order valence-electron chi connectivity index (χ3n) is 3.98. The summed E-state index contributed by atoms with van der Waals surface area (Å²) in [7, 11) is 0. The molecule has 28 heavy (non-hydrogen) atoms. The molecular formula is C20H21N5O3. The highest BCUT2D eigenvalue weighted by Crippen LogP contribution is 2.22. The molecule has 3 rings (SSSR count). The molecule has 1 unspecified atom stereocenters. The van der Waals surface area contributed by atoms with Crippen molar-refractivity contribution in [3.05, 3.63) is 54.6 Å². The van der Waals surface area contributed by atoms with Gasteiger partial charge in [-0.05, 0) is 35.4 Å². The number of tetrazole rings is 1. The lowest BCUT2D eigenvalue weighted by atomic mass is 10.1. The summed E-state index contributed by atoms with van der Waals surface area (Å²) < 4.78 is 5.49. The number of carbonyl (C=O) groups is 2. The van der Waals surface area contributed by atoms with Crippen molar-refractivity contribution in [2.75, 3.05) is 5.32 Å². The molecule has 0 aliphatic heterocycles. The Balaban J connectivity index is 1.76. The van der Waals surface area contributed by atoms with Gasteiger partial charge in [0.2, 0.25) is 11.7 Å². The SMILES string of the molecule is CC(=O)Nc1ccc(OC(=O)C(C(C)C)n2nnc(-c3ccccc3)n2)cc1. The Morgan fingerprint density at radius 1 is 1.04 bits per heavy atom. The predicted molar refractivity (Wildman–Crippen MR) is 104 cm³/mol. The molecule has 8 heteroatoms. The van der Waals surface area contributed by atoms with E-state index in [1.165, 1.54) is 11.7 Å². The predicted octanol–water partition coefficient (Wildman–Crippen LogP) is 3.10. The third kappa shape index (κ3) is 4.59. The molecule has 1 amide bonds. The van der Waals surface area contributed by atoms with Gasteiger partial charge in [-0.15, -0.1) is 15.0 Å². The normalized spacial score (nSPS) is 11.9. The molecule has 0 bridgehead atoms. The number of rotatable bonds is 6. The van der Waals surface area contributed by atoms with Gasteiger partial charge in [0.25, 0.3) is 0 Å². The Morgan fingerprint density at radius 2 is 1.71 bits per heavy atom. The first-order valence-corrected chi connectivity index (χ1v) is 8.88. The fourth-order valence-electron chi connectivity index (χ4n) is 2.66. The van der Waals surface area contributed by atoms with Gasteiger partial charge in [0.1, 0.15) is 5.75 Å². The molecule has 8 nitrogen and oxygen atoms in total. The molecule has 0 fully saturated rings. The lowest BCUT2D eigenvalue weighted by Crippen LogP contribution is -2.30. The Hall–Kier alpha value is -3.55. The Bertz CT molecular complexity index is 951. The molecule has 1 heterocycles. The third-order valence-corrected chi connectivity index (χ3v) is 3.98.